The van der Waals surface area contributed by atoms with Gasteiger partial charge in [0, 0.05) is 5.56 Å². The molecule has 0 radical (unpaired) electrons. The second-order valence-corrected chi connectivity index (χ2v) is 3.64. The van der Waals surface area contributed by atoms with Crippen molar-refractivity contribution in [1.29, 1.82) is 0 Å². The lowest BCUT2D eigenvalue weighted by Crippen LogP contribution is -2.02. The third kappa shape index (κ3) is 4.29. The summed E-state index contributed by atoms with van der Waals surface area (Å²) in [7, 11) is 1.46. The highest BCUT2D eigenvalue weighted by molar-refractivity contribution is 5.72. The summed E-state index contributed by atoms with van der Waals surface area (Å²) >= 11 is 0. The first-order chi connectivity index (χ1) is 8.52. The zero-order valence-electron chi connectivity index (χ0n) is 9.92. The maximum Gasteiger partial charge on any atom is 0.307 e. The van der Waals surface area contributed by atoms with Crippen LogP contribution in [0, 0.1) is 0 Å². The smallest absolute Gasteiger partial charge is 0.307 e. The fraction of sp³-hybridized carbons (Fsp3) is 0.231. The van der Waals surface area contributed by atoms with E-state index in [1.165, 1.54) is 13.2 Å². The molecule has 0 heterocycles. The molecule has 0 saturated carbocycles. The molecule has 2 N–H and O–H groups in total. The van der Waals surface area contributed by atoms with Crippen molar-refractivity contribution in [3.8, 4) is 5.75 Å². The molecule has 0 aromatic heterocycles. The van der Waals surface area contributed by atoms with E-state index in [0.29, 0.717) is 11.3 Å². The SMILES string of the molecule is COc1cc(C=CCC(=O)O)ccc1CC(=O)O. The summed E-state index contributed by atoms with van der Waals surface area (Å²) in [5.74, 6) is -1.35. The van der Waals surface area contributed by atoms with Crippen LogP contribution in [0.5, 0.6) is 5.75 Å². The fourth-order valence-electron chi connectivity index (χ4n) is 1.47. The van der Waals surface area contributed by atoms with Gasteiger partial charge in [0.15, 0.2) is 0 Å². The molecule has 5 nitrogen and oxygen atoms in total. The van der Waals surface area contributed by atoms with Gasteiger partial charge >= 0.3 is 11.9 Å². The van der Waals surface area contributed by atoms with E-state index in [1.807, 2.05) is 0 Å². The highest BCUT2D eigenvalue weighted by atomic mass is 16.5. The van der Waals surface area contributed by atoms with Gasteiger partial charge in [-0.1, -0.05) is 24.3 Å². The van der Waals surface area contributed by atoms with Gasteiger partial charge in [0.2, 0.25) is 0 Å². The molecule has 0 unspecified atom stereocenters. The standard InChI is InChI=1S/C13H14O5/c1-18-11-7-9(3-2-4-12(14)15)5-6-10(11)8-13(16)17/h2-3,5-7H,4,8H2,1H3,(H,14,15)(H,16,17). The van der Waals surface area contributed by atoms with Crippen LogP contribution in [0.25, 0.3) is 6.08 Å². The molecular formula is C13H14O5. The van der Waals surface area contributed by atoms with Gasteiger partial charge in [-0.05, 0) is 11.6 Å². The summed E-state index contributed by atoms with van der Waals surface area (Å²) in [5.41, 5.74) is 1.35. The molecule has 1 rings (SSSR count). The van der Waals surface area contributed by atoms with Crippen molar-refractivity contribution >= 4 is 18.0 Å². The van der Waals surface area contributed by atoms with Crippen LogP contribution >= 0.6 is 0 Å². The second-order valence-electron chi connectivity index (χ2n) is 3.64. The van der Waals surface area contributed by atoms with Crippen molar-refractivity contribution < 1.29 is 24.5 Å². The Balaban J connectivity index is 2.87. The predicted molar refractivity (Wildman–Crippen MR) is 65.6 cm³/mol. The van der Waals surface area contributed by atoms with E-state index in [9.17, 15) is 9.59 Å². The third-order valence-corrected chi connectivity index (χ3v) is 2.26. The van der Waals surface area contributed by atoms with Gasteiger partial charge in [0.1, 0.15) is 5.75 Å². The van der Waals surface area contributed by atoms with Crippen molar-refractivity contribution in [2.75, 3.05) is 7.11 Å². The quantitative estimate of drug-likeness (QED) is 0.804. The van der Waals surface area contributed by atoms with Crippen LogP contribution in [0.15, 0.2) is 24.3 Å². The Kier molecular flexibility index (Phi) is 4.92. The zero-order valence-corrected chi connectivity index (χ0v) is 9.92. The summed E-state index contributed by atoms with van der Waals surface area (Å²) in [6, 6.07) is 5.06. The summed E-state index contributed by atoms with van der Waals surface area (Å²) < 4.78 is 5.10. The number of carboxylic acids is 2. The van der Waals surface area contributed by atoms with Gasteiger partial charge in [-0.3, -0.25) is 9.59 Å². The van der Waals surface area contributed by atoms with E-state index in [1.54, 1.807) is 24.3 Å². The molecule has 1 aromatic rings. The maximum absolute atomic E-state index is 10.6. The van der Waals surface area contributed by atoms with E-state index in [4.69, 9.17) is 14.9 Å². The number of carbonyl (C=O) groups is 2. The van der Waals surface area contributed by atoms with Crippen LogP contribution in [0.4, 0.5) is 0 Å². The lowest BCUT2D eigenvalue weighted by molar-refractivity contribution is -0.137. The van der Waals surface area contributed by atoms with E-state index < -0.39 is 11.9 Å². The molecule has 0 aliphatic rings. The molecule has 0 fully saturated rings. The Morgan fingerprint density at radius 3 is 2.56 bits per heavy atom. The van der Waals surface area contributed by atoms with Crippen molar-refractivity contribution in [3.63, 3.8) is 0 Å². The minimum atomic E-state index is -0.928. The van der Waals surface area contributed by atoms with E-state index in [-0.39, 0.29) is 12.8 Å². The first-order valence-corrected chi connectivity index (χ1v) is 5.30. The molecule has 96 valence electrons. The van der Waals surface area contributed by atoms with E-state index in [2.05, 4.69) is 0 Å². The molecule has 0 saturated heterocycles. The van der Waals surface area contributed by atoms with Crippen LogP contribution in [0.3, 0.4) is 0 Å². The lowest BCUT2D eigenvalue weighted by Gasteiger charge is -2.07. The summed E-state index contributed by atoms with van der Waals surface area (Å²) in [6.45, 7) is 0. The zero-order chi connectivity index (χ0) is 13.5. The number of ether oxygens (including phenoxy) is 1. The Labute approximate surface area is 104 Å². The minimum absolute atomic E-state index is 0.0564. The highest BCUT2D eigenvalue weighted by Crippen LogP contribution is 2.21. The summed E-state index contributed by atoms with van der Waals surface area (Å²) in [4.78, 5) is 21.0. The van der Waals surface area contributed by atoms with Crippen molar-refractivity contribution in [3.05, 3.63) is 35.4 Å². The van der Waals surface area contributed by atoms with E-state index >= 15 is 0 Å². The maximum atomic E-state index is 10.6. The molecule has 0 aliphatic heterocycles. The average molecular weight is 250 g/mol. The van der Waals surface area contributed by atoms with Gasteiger partial charge in [-0.2, -0.15) is 0 Å². The molecule has 0 amide bonds. The van der Waals surface area contributed by atoms with Gasteiger partial charge < -0.3 is 14.9 Å². The molecule has 1 aromatic carbocycles. The predicted octanol–water partition coefficient (Wildman–Crippen LogP) is 1.81. The number of hydrogen-bond acceptors (Lipinski definition) is 3. The number of benzene rings is 1. The number of hydrogen-bond donors (Lipinski definition) is 2. The van der Waals surface area contributed by atoms with Crippen LogP contribution < -0.4 is 4.74 Å². The average Bonchev–Trinajstić information content (AvgIpc) is 2.29. The van der Waals surface area contributed by atoms with Crippen LogP contribution in [-0.2, 0) is 16.0 Å². The first kappa shape index (κ1) is 13.8. The van der Waals surface area contributed by atoms with Crippen molar-refractivity contribution in [2.45, 2.75) is 12.8 Å². The first-order valence-electron chi connectivity index (χ1n) is 5.30. The summed E-state index contributed by atoms with van der Waals surface area (Å²) in [5, 5.41) is 17.2. The number of methoxy groups -OCH3 is 1. The van der Waals surface area contributed by atoms with Gasteiger partial charge in [0.05, 0.1) is 20.0 Å². The highest BCUT2D eigenvalue weighted by Gasteiger charge is 2.07. The normalized spacial score (nSPS) is 10.5. The number of carboxylic acid groups (broad SMARTS) is 2. The lowest BCUT2D eigenvalue weighted by atomic mass is 10.1. The van der Waals surface area contributed by atoms with E-state index in [0.717, 1.165) is 5.56 Å². The monoisotopic (exact) mass is 250 g/mol. The molecule has 18 heavy (non-hydrogen) atoms. The molecular weight excluding hydrogens is 236 g/mol. The third-order valence-electron chi connectivity index (χ3n) is 2.26. The fourth-order valence-corrected chi connectivity index (χ4v) is 1.47. The van der Waals surface area contributed by atoms with Gasteiger partial charge in [0.25, 0.3) is 0 Å². The Morgan fingerprint density at radius 2 is 2.00 bits per heavy atom. The molecule has 0 spiro atoms. The van der Waals surface area contributed by atoms with Gasteiger partial charge in [-0.25, -0.2) is 0 Å². The second kappa shape index (κ2) is 6.44. The Morgan fingerprint density at radius 1 is 1.28 bits per heavy atom. The van der Waals surface area contributed by atoms with Crippen molar-refractivity contribution in [2.24, 2.45) is 0 Å². The Hall–Kier alpha value is -2.30. The number of aliphatic carboxylic acids is 2. The van der Waals surface area contributed by atoms with Gasteiger partial charge in [-0.15, -0.1) is 0 Å². The molecule has 5 heteroatoms. The van der Waals surface area contributed by atoms with Crippen LogP contribution in [0.1, 0.15) is 17.5 Å². The van der Waals surface area contributed by atoms with Crippen LogP contribution in [-0.4, -0.2) is 29.3 Å². The van der Waals surface area contributed by atoms with Crippen molar-refractivity contribution in [1.82, 2.24) is 0 Å². The van der Waals surface area contributed by atoms with Crippen LogP contribution in [0.2, 0.25) is 0 Å². The minimum Gasteiger partial charge on any atom is -0.496 e. The topological polar surface area (TPSA) is 83.8 Å². The largest absolute Gasteiger partial charge is 0.496 e. The molecule has 0 atom stereocenters. The summed E-state index contributed by atoms with van der Waals surface area (Å²) in [6.07, 6.45) is 3.01. The number of rotatable bonds is 6. The molecule has 0 bridgehead atoms. The Bertz CT molecular complexity index is 476. The molecule has 0 aliphatic carbocycles.